The summed E-state index contributed by atoms with van der Waals surface area (Å²) in [5.74, 6) is 0.916. The van der Waals surface area contributed by atoms with Gasteiger partial charge in [0.1, 0.15) is 0 Å². The lowest BCUT2D eigenvalue weighted by atomic mass is 10.0. The first kappa shape index (κ1) is 13.4. The molecule has 1 aromatic heterocycles. The predicted octanol–water partition coefficient (Wildman–Crippen LogP) is 4.66. The molecule has 3 nitrogen and oxygen atoms in total. The van der Waals surface area contributed by atoms with Crippen LogP contribution in [0.2, 0.25) is 0 Å². The predicted molar refractivity (Wildman–Crippen MR) is 96.1 cm³/mol. The molecule has 0 radical (unpaired) electrons. The van der Waals surface area contributed by atoms with Crippen LogP contribution in [0.5, 0.6) is 11.8 Å². The number of hydrogen-bond acceptors (Lipinski definition) is 2. The Kier molecular flexibility index (Phi) is 2.33. The molecule has 3 aromatic rings. The van der Waals surface area contributed by atoms with Gasteiger partial charge in [0.2, 0.25) is 0 Å². The molecule has 25 heavy (non-hydrogen) atoms. The smallest absolute Gasteiger partial charge is 0.198 e. The maximum absolute atomic E-state index is 11.0. The molecular weight excluding hydrogens is 310 g/mol. The van der Waals surface area contributed by atoms with Crippen molar-refractivity contribution < 1.29 is 10.2 Å². The highest BCUT2D eigenvalue weighted by atomic mass is 16.3. The van der Waals surface area contributed by atoms with E-state index in [1.807, 2.05) is 24.3 Å². The summed E-state index contributed by atoms with van der Waals surface area (Å²) in [6, 6.07) is 16.4. The van der Waals surface area contributed by atoms with Gasteiger partial charge >= 0.3 is 0 Å². The number of hydrogen-bond donors (Lipinski definition) is 2. The zero-order valence-electron chi connectivity index (χ0n) is 13.6. The fourth-order valence-electron chi connectivity index (χ4n) is 5.11. The van der Waals surface area contributed by atoms with Crippen molar-refractivity contribution in [2.45, 2.75) is 24.3 Å². The molecule has 2 unspecified atom stereocenters. The Morgan fingerprint density at radius 3 is 1.72 bits per heavy atom. The van der Waals surface area contributed by atoms with Gasteiger partial charge in [0.25, 0.3) is 0 Å². The molecule has 3 aliphatic carbocycles. The van der Waals surface area contributed by atoms with Crippen molar-refractivity contribution in [3.8, 4) is 22.9 Å². The average Bonchev–Trinajstić information content (AvgIpc) is 3.38. The molecule has 0 saturated heterocycles. The van der Waals surface area contributed by atoms with Gasteiger partial charge in [-0.25, -0.2) is 0 Å². The molecule has 3 heteroatoms. The second-order valence-electron chi connectivity index (χ2n) is 7.26. The Balaban J connectivity index is 1.65. The fourth-order valence-corrected chi connectivity index (χ4v) is 5.11. The normalized spacial score (nSPS) is 22.2. The average molecular weight is 327 g/mol. The van der Waals surface area contributed by atoms with Crippen LogP contribution in [0, 0.1) is 0 Å². The molecule has 122 valence electrons. The van der Waals surface area contributed by atoms with E-state index in [9.17, 15) is 10.2 Å². The lowest BCUT2D eigenvalue weighted by Crippen LogP contribution is -2.09. The van der Waals surface area contributed by atoms with Crippen molar-refractivity contribution in [1.82, 2.24) is 4.57 Å². The van der Waals surface area contributed by atoms with Crippen molar-refractivity contribution in [3.05, 3.63) is 82.9 Å². The minimum atomic E-state index is -0.183. The number of rotatable bonds is 1. The molecule has 2 aromatic carbocycles. The third-order valence-electron chi connectivity index (χ3n) is 6.11. The van der Waals surface area contributed by atoms with E-state index < -0.39 is 0 Å². The first-order chi connectivity index (χ1) is 12.3. The van der Waals surface area contributed by atoms with Gasteiger partial charge in [-0.05, 0) is 28.7 Å². The van der Waals surface area contributed by atoms with Gasteiger partial charge in [0.05, 0.1) is 6.04 Å². The Morgan fingerprint density at radius 2 is 1.20 bits per heavy atom. The molecule has 0 saturated carbocycles. The lowest BCUT2D eigenvalue weighted by molar-refractivity contribution is 0.358. The lowest BCUT2D eigenvalue weighted by Gasteiger charge is -2.19. The third kappa shape index (κ3) is 1.47. The van der Waals surface area contributed by atoms with Crippen molar-refractivity contribution in [2.24, 2.45) is 0 Å². The first-order valence-electron chi connectivity index (χ1n) is 8.78. The van der Waals surface area contributed by atoms with E-state index in [0.29, 0.717) is 0 Å². The van der Waals surface area contributed by atoms with Gasteiger partial charge in [-0.15, -0.1) is 0 Å². The largest absolute Gasteiger partial charge is 0.494 e. The maximum atomic E-state index is 11.0. The number of aromatic nitrogens is 1. The van der Waals surface area contributed by atoms with Crippen LogP contribution >= 0.6 is 0 Å². The summed E-state index contributed by atoms with van der Waals surface area (Å²) < 4.78 is 1.74. The summed E-state index contributed by atoms with van der Waals surface area (Å²) in [6.45, 7) is 0. The Morgan fingerprint density at radius 1 is 0.720 bits per heavy atom. The third-order valence-corrected chi connectivity index (χ3v) is 6.11. The molecule has 2 N–H and O–H groups in total. The van der Waals surface area contributed by atoms with E-state index in [1.165, 1.54) is 11.1 Å². The summed E-state index contributed by atoms with van der Waals surface area (Å²) in [5.41, 5.74) is 6.46. The fraction of sp³-hybridized carbons (Fsp3) is 0.182. The highest BCUT2D eigenvalue weighted by Crippen LogP contribution is 2.59. The van der Waals surface area contributed by atoms with Gasteiger partial charge in [0, 0.05) is 23.0 Å². The molecule has 2 bridgehead atoms. The van der Waals surface area contributed by atoms with Crippen LogP contribution in [0.15, 0.2) is 60.7 Å². The number of aromatic hydroxyl groups is 2. The van der Waals surface area contributed by atoms with Crippen molar-refractivity contribution >= 4 is 0 Å². The van der Waals surface area contributed by atoms with Crippen LogP contribution in [0.25, 0.3) is 11.1 Å². The Bertz CT molecular complexity index is 995. The second-order valence-corrected chi connectivity index (χ2v) is 7.26. The van der Waals surface area contributed by atoms with Crippen LogP contribution < -0.4 is 0 Å². The minimum absolute atomic E-state index is 0.183. The molecular formula is C22H17NO2. The van der Waals surface area contributed by atoms with Gasteiger partial charge in [0.15, 0.2) is 11.8 Å². The first-order valence-corrected chi connectivity index (χ1v) is 8.78. The molecule has 0 fully saturated rings. The Hall–Kier alpha value is -2.94. The quantitative estimate of drug-likeness (QED) is 0.500. The van der Waals surface area contributed by atoms with Crippen LogP contribution in [-0.4, -0.2) is 14.8 Å². The molecule has 0 aliphatic heterocycles. The highest BCUT2D eigenvalue weighted by molar-refractivity contribution is 5.79. The van der Waals surface area contributed by atoms with Crippen LogP contribution in [0.1, 0.15) is 46.6 Å². The summed E-state index contributed by atoms with van der Waals surface area (Å²) in [6.07, 6.45) is 5.30. The van der Waals surface area contributed by atoms with E-state index in [4.69, 9.17) is 0 Å². The summed E-state index contributed by atoms with van der Waals surface area (Å²) in [7, 11) is 0. The molecule has 0 amide bonds. The maximum Gasteiger partial charge on any atom is 0.198 e. The number of allylic oxidation sites excluding steroid dienone is 2. The van der Waals surface area contributed by atoms with E-state index in [1.54, 1.807) is 4.57 Å². The molecule has 6 rings (SSSR count). The van der Waals surface area contributed by atoms with Gasteiger partial charge in [-0.1, -0.05) is 60.7 Å². The van der Waals surface area contributed by atoms with Gasteiger partial charge in [-0.2, -0.15) is 0 Å². The van der Waals surface area contributed by atoms with Crippen LogP contribution in [0.4, 0.5) is 0 Å². The SMILES string of the molecule is Oc1c2c(c(O)n1C1c3ccccc3-c3ccccc31)C1C=CC2C1. The monoisotopic (exact) mass is 327 g/mol. The van der Waals surface area contributed by atoms with E-state index in [2.05, 4.69) is 36.4 Å². The van der Waals surface area contributed by atoms with E-state index in [0.717, 1.165) is 28.7 Å². The van der Waals surface area contributed by atoms with E-state index in [-0.39, 0.29) is 29.6 Å². The van der Waals surface area contributed by atoms with Crippen molar-refractivity contribution in [1.29, 1.82) is 0 Å². The molecule has 0 spiro atoms. The molecule has 3 aliphatic rings. The minimum Gasteiger partial charge on any atom is -0.494 e. The molecule has 2 atom stereocenters. The number of fused-ring (bicyclic) bond motifs is 8. The standard InChI is InChI=1S/C22H17NO2/c24-21-18-12-9-10-13(11-12)19(18)22(25)23(21)20-16-7-3-1-5-14(16)15-6-2-4-8-17(15)20/h1-10,12-13,20,24-25H,11H2. The number of nitrogens with zero attached hydrogens (tertiary/aromatic N) is 1. The summed E-state index contributed by atoms with van der Waals surface area (Å²) in [4.78, 5) is 0. The van der Waals surface area contributed by atoms with Gasteiger partial charge < -0.3 is 10.2 Å². The highest BCUT2D eigenvalue weighted by Gasteiger charge is 2.43. The van der Waals surface area contributed by atoms with Crippen molar-refractivity contribution in [3.63, 3.8) is 0 Å². The second kappa shape index (κ2) is 4.37. The molecule has 1 heterocycles. The van der Waals surface area contributed by atoms with Crippen molar-refractivity contribution in [2.75, 3.05) is 0 Å². The van der Waals surface area contributed by atoms with E-state index >= 15 is 0 Å². The summed E-state index contributed by atoms with van der Waals surface area (Å²) >= 11 is 0. The van der Waals surface area contributed by atoms with Crippen LogP contribution in [-0.2, 0) is 0 Å². The van der Waals surface area contributed by atoms with Crippen LogP contribution in [0.3, 0.4) is 0 Å². The zero-order chi connectivity index (χ0) is 16.7. The summed E-state index contributed by atoms with van der Waals surface area (Å²) in [5, 5.41) is 22.1. The topological polar surface area (TPSA) is 45.4 Å². The van der Waals surface area contributed by atoms with Gasteiger partial charge in [-0.3, -0.25) is 4.57 Å². The number of benzene rings is 2. The Labute approximate surface area is 145 Å². The zero-order valence-corrected chi connectivity index (χ0v) is 13.6.